The number of likely N-dealkylation sites (tertiary alicyclic amines) is 1. The molecule has 0 saturated carbocycles. The van der Waals surface area contributed by atoms with Crippen LogP contribution in [0, 0.1) is 13.8 Å². The van der Waals surface area contributed by atoms with E-state index in [4.69, 9.17) is 0 Å². The van der Waals surface area contributed by atoms with Gasteiger partial charge in [-0.1, -0.05) is 24.1 Å². The molecule has 1 aromatic rings. The van der Waals surface area contributed by atoms with Gasteiger partial charge in [-0.15, -0.1) is 0 Å². The Bertz CT molecular complexity index is 511. The van der Waals surface area contributed by atoms with Gasteiger partial charge in [0.25, 0.3) is 0 Å². The molecule has 4 nitrogen and oxygen atoms in total. The number of nitrogens with zero attached hydrogens (tertiary/aromatic N) is 1. The summed E-state index contributed by atoms with van der Waals surface area (Å²) in [7, 11) is 0. The highest BCUT2D eigenvalue weighted by atomic mass is 16.2. The maximum absolute atomic E-state index is 12.1. The van der Waals surface area contributed by atoms with E-state index in [2.05, 4.69) is 5.32 Å². The third-order valence-corrected chi connectivity index (χ3v) is 3.66. The van der Waals surface area contributed by atoms with Crippen LogP contribution in [-0.2, 0) is 9.59 Å². The van der Waals surface area contributed by atoms with E-state index in [1.807, 2.05) is 32.0 Å². The smallest absolute Gasteiger partial charge is 0.244 e. The molecule has 0 spiro atoms. The molecule has 2 rings (SSSR count). The lowest BCUT2D eigenvalue weighted by molar-refractivity contribution is -0.134. The highest BCUT2D eigenvalue weighted by Crippen LogP contribution is 2.16. The molecule has 108 valence electrons. The molecule has 1 aliphatic heterocycles. The summed E-state index contributed by atoms with van der Waals surface area (Å²) in [6.07, 6.45) is 3.56. The summed E-state index contributed by atoms with van der Waals surface area (Å²) in [5.74, 6) is -0.0227. The van der Waals surface area contributed by atoms with E-state index in [0.717, 1.165) is 30.5 Å². The van der Waals surface area contributed by atoms with Gasteiger partial charge < -0.3 is 10.2 Å². The number of hydrogen-bond acceptors (Lipinski definition) is 2. The number of aryl methyl sites for hydroxylation is 2. The lowest BCUT2D eigenvalue weighted by Gasteiger charge is -2.20. The van der Waals surface area contributed by atoms with Gasteiger partial charge in [0, 0.05) is 18.7 Å². The average Bonchev–Trinajstić information content (AvgIpc) is 2.59. The van der Waals surface area contributed by atoms with Gasteiger partial charge in [-0.2, -0.15) is 0 Å². The van der Waals surface area contributed by atoms with Crippen molar-refractivity contribution in [2.24, 2.45) is 0 Å². The Morgan fingerprint density at radius 2 is 2.05 bits per heavy atom. The fraction of sp³-hybridized carbons (Fsp3) is 0.500. The molecular formula is C16H22N2O2. The van der Waals surface area contributed by atoms with Crippen LogP contribution in [0.15, 0.2) is 18.2 Å². The fourth-order valence-electron chi connectivity index (χ4n) is 2.52. The number of anilines is 1. The van der Waals surface area contributed by atoms with Crippen LogP contribution >= 0.6 is 0 Å². The van der Waals surface area contributed by atoms with Crippen LogP contribution in [0.1, 0.15) is 36.8 Å². The number of rotatable bonds is 3. The molecule has 1 fully saturated rings. The third-order valence-electron chi connectivity index (χ3n) is 3.66. The first-order valence-electron chi connectivity index (χ1n) is 7.21. The molecule has 1 saturated heterocycles. The number of nitrogens with one attached hydrogen (secondary N) is 1. The summed E-state index contributed by atoms with van der Waals surface area (Å²) in [6.45, 7) is 4.85. The summed E-state index contributed by atoms with van der Waals surface area (Å²) < 4.78 is 0. The molecule has 0 aromatic heterocycles. The van der Waals surface area contributed by atoms with Crippen molar-refractivity contribution in [2.75, 3.05) is 18.4 Å². The quantitative estimate of drug-likeness (QED) is 0.921. The lowest BCUT2D eigenvalue weighted by atomic mass is 10.1. The topological polar surface area (TPSA) is 49.4 Å². The molecule has 1 aliphatic rings. The van der Waals surface area contributed by atoms with Crippen molar-refractivity contribution in [3.63, 3.8) is 0 Å². The first kappa shape index (κ1) is 14.6. The monoisotopic (exact) mass is 274 g/mol. The van der Waals surface area contributed by atoms with Crippen molar-refractivity contribution in [1.82, 2.24) is 4.90 Å². The van der Waals surface area contributed by atoms with E-state index in [0.29, 0.717) is 13.0 Å². The summed E-state index contributed by atoms with van der Waals surface area (Å²) in [5.41, 5.74) is 3.03. The van der Waals surface area contributed by atoms with Crippen molar-refractivity contribution in [1.29, 1.82) is 0 Å². The van der Waals surface area contributed by atoms with Crippen molar-refractivity contribution in [3.05, 3.63) is 29.3 Å². The van der Waals surface area contributed by atoms with Crippen LogP contribution in [0.3, 0.4) is 0 Å². The molecule has 20 heavy (non-hydrogen) atoms. The Hall–Kier alpha value is -1.84. The van der Waals surface area contributed by atoms with Gasteiger partial charge in [0.1, 0.15) is 0 Å². The molecule has 2 amide bonds. The molecule has 0 bridgehead atoms. The zero-order valence-corrected chi connectivity index (χ0v) is 12.2. The SMILES string of the molecule is Cc1ccc(NC(=O)CN2CCCCCC2=O)c(C)c1. The van der Waals surface area contributed by atoms with Crippen molar-refractivity contribution in [2.45, 2.75) is 39.5 Å². The van der Waals surface area contributed by atoms with Gasteiger partial charge in [0.2, 0.25) is 11.8 Å². The van der Waals surface area contributed by atoms with E-state index in [1.165, 1.54) is 5.56 Å². The number of carbonyl (C=O) groups excluding carboxylic acids is 2. The molecule has 1 heterocycles. The van der Waals surface area contributed by atoms with Crippen LogP contribution in [0.5, 0.6) is 0 Å². The van der Waals surface area contributed by atoms with E-state index < -0.39 is 0 Å². The number of carbonyl (C=O) groups is 2. The second-order valence-electron chi connectivity index (χ2n) is 5.49. The largest absolute Gasteiger partial charge is 0.333 e. The Labute approximate surface area is 120 Å². The summed E-state index contributed by atoms with van der Waals surface area (Å²) in [5, 5.41) is 2.89. The Kier molecular flexibility index (Phi) is 4.77. The van der Waals surface area contributed by atoms with E-state index in [9.17, 15) is 9.59 Å². The van der Waals surface area contributed by atoms with Crippen LogP contribution in [0.2, 0.25) is 0 Å². The molecule has 0 aliphatic carbocycles. The summed E-state index contributed by atoms with van der Waals surface area (Å²) in [4.78, 5) is 25.6. The highest BCUT2D eigenvalue weighted by Gasteiger charge is 2.19. The Balaban J connectivity index is 1.96. The predicted molar refractivity (Wildman–Crippen MR) is 79.6 cm³/mol. The van der Waals surface area contributed by atoms with Crippen LogP contribution in [0.4, 0.5) is 5.69 Å². The van der Waals surface area contributed by atoms with Crippen molar-refractivity contribution >= 4 is 17.5 Å². The van der Waals surface area contributed by atoms with Gasteiger partial charge in [-0.3, -0.25) is 9.59 Å². The normalized spacial score (nSPS) is 15.9. The second-order valence-corrected chi connectivity index (χ2v) is 5.49. The first-order valence-corrected chi connectivity index (χ1v) is 7.21. The maximum Gasteiger partial charge on any atom is 0.244 e. The van der Waals surface area contributed by atoms with Crippen LogP contribution in [-0.4, -0.2) is 29.8 Å². The van der Waals surface area contributed by atoms with Gasteiger partial charge in [0.15, 0.2) is 0 Å². The molecule has 4 heteroatoms. The minimum Gasteiger partial charge on any atom is -0.333 e. The average molecular weight is 274 g/mol. The van der Waals surface area contributed by atoms with Gasteiger partial charge >= 0.3 is 0 Å². The molecular weight excluding hydrogens is 252 g/mol. The molecule has 0 unspecified atom stereocenters. The zero-order valence-electron chi connectivity index (χ0n) is 12.2. The Morgan fingerprint density at radius 3 is 2.80 bits per heavy atom. The highest BCUT2D eigenvalue weighted by molar-refractivity contribution is 5.95. The standard InChI is InChI=1S/C16H22N2O2/c1-12-7-8-14(13(2)10-12)17-15(19)11-18-9-5-3-4-6-16(18)20/h7-8,10H,3-6,9,11H2,1-2H3,(H,17,19). The maximum atomic E-state index is 12.1. The van der Waals surface area contributed by atoms with Gasteiger partial charge in [-0.25, -0.2) is 0 Å². The van der Waals surface area contributed by atoms with E-state index in [-0.39, 0.29) is 18.4 Å². The van der Waals surface area contributed by atoms with E-state index in [1.54, 1.807) is 4.90 Å². The predicted octanol–water partition coefficient (Wildman–Crippen LogP) is 2.64. The van der Waals surface area contributed by atoms with Crippen molar-refractivity contribution in [3.8, 4) is 0 Å². The summed E-state index contributed by atoms with van der Waals surface area (Å²) in [6, 6.07) is 5.92. The van der Waals surface area contributed by atoms with Crippen LogP contribution < -0.4 is 5.32 Å². The molecule has 1 aromatic carbocycles. The summed E-state index contributed by atoms with van der Waals surface area (Å²) >= 11 is 0. The van der Waals surface area contributed by atoms with Crippen LogP contribution in [0.25, 0.3) is 0 Å². The van der Waals surface area contributed by atoms with Crippen molar-refractivity contribution < 1.29 is 9.59 Å². The second kappa shape index (κ2) is 6.55. The first-order chi connectivity index (χ1) is 9.56. The van der Waals surface area contributed by atoms with Gasteiger partial charge in [0.05, 0.1) is 6.54 Å². The third kappa shape index (κ3) is 3.83. The fourth-order valence-corrected chi connectivity index (χ4v) is 2.52. The minimum absolute atomic E-state index is 0.0956. The lowest BCUT2D eigenvalue weighted by Crippen LogP contribution is -2.37. The number of benzene rings is 1. The van der Waals surface area contributed by atoms with E-state index >= 15 is 0 Å². The molecule has 0 radical (unpaired) electrons. The number of amides is 2. The molecule has 0 atom stereocenters. The minimum atomic E-state index is -0.118. The van der Waals surface area contributed by atoms with Gasteiger partial charge in [-0.05, 0) is 38.3 Å². The number of hydrogen-bond donors (Lipinski definition) is 1. The zero-order chi connectivity index (χ0) is 14.5. The Morgan fingerprint density at radius 1 is 1.25 bits per heavy atom. The molecule has 1 N–H and O–H groups in total.